The monoisotopic (exact) mass is 218 g/mol. The fourth-order valence-corrected chi connectivity index (χ4v) is 1.58. The smallest absolute Gasteiger partial charge is 0.341 e. The van der Waals surface area contributed by atoms with Crippen LogP contribution in [-0.4, -0.2) is 20.6 Å². The van der Waals surface area contributed by atoms with Gasteiger partial charge in [0.2, 0.25) is 0 Å². The Morgan fingerprint density at radius 1 is 1.44 bits per heavy atom. The van der Waals surface area contributed by atoms with Crippen LogP contribution in [0.4, 0.5) is 0 Å². The molecule has 2 aromatic rings. The van der Waals surface area contributed by atoms with Crippen molar-refractivity contribution in [1.29, 1.82) is 0 Å². The van der Waals surface area contributed by atoms with Gasteiger partial charge in [-0.05, 0) is 25.1 Å². The summed E-state index contributed by atoms with van der Waals surface area (Å²) in [5.41, 5.74) is 0.499. The van der Waals surface area contributed by atoms with Crippen molar-refractivity contribution < 1.29 is 9.90 Å². The van der Waals surface area contributed by atoms with Gasteiger partial charge in [-0.3, -0.25) is 9.36 Å². The summed E-state index contributed by atoms with van der Waals surface area (Å²) in [6.07, 6.45) is 0. The molecule has 0 atom stereocenters. The number of nitrogens with zero attached hydrogens (tertiary/aromatic N) is 2. The van der Waals surface area contributed by atoms with Gasteiger partial charge in [0.25, 0.3) is 5.56 Å². The number of fused-ring (bicyclic) bond motifs is 1. The highest BCUT2D eigenvalue weighted by molar-refractivity contribution is 5.91. The number of aryl methyl sites for hydroxylation is 2. The van der Waals surface area contributed by atoms with Gasteiger partial charge in [0.15, 0.2) is 0 Å². The van der Waals surface area contributed by atoms with Crippen LogP contribution in [0.1, 0.15) is 16.1 Å². The zero-order valence-corrected chi connectivity index (χ0v) is 8.89. The lowest BCUT2D eigenvalue weighted by molar-refractivity contribution is 0.0694. The fourth-order valence-electron chi connectivity index (χ4n) is 1.58. The second-order valence-electron chi connectivity index (χ2n) is 3.59. The summed E-state index contributed by atoms with van der Waals surface area (Å²) >= 11 is 0. The molecule has 5 nitrogen and oxygen atoms in total. The first-order chi connectivity index (χ1) is 7.50. The second-order valence-corrected chi connectivity index (χ2v) is 3.59. The summed E-state index contributed by atoms with van der Waals surface area (Å²) in [5.74, 6) is -1.22. The first kappa shape index (κ1) is 10.4. The number of hydrogen-bond donors (Lipinski definition) is 1. The van der Waals surface area contributed by atoms with Crippen LogP contribution in [0, 0.1) is 6.92 Å². The number of aromatic nitrogens is 2. The van der Waals surface area contributed by atoms with Crippen LogP contribution < -0.4 is 5.56 Å². The van der Waals surface area contributed by atoms with E-state index in [1.165, 1.54) is 17.7 Å². The van der Waals surface area contributed by atoms with Crippen molar-refractivity contribution in [3.05, 3.63) is 39.8 Å². The summed E-state index contributed by atoms with van der Waals surface area (Å²) in [6, 6.07) is 4.88. The molecule has 0 aliphatic carbocycles. The van der Waals surface area contributed by atoms with Crippen LogP contribution in [-0.2, 0) is 7.05 Å². The Bertz CT molecular complexity index is 643. The summed E-state index contributed by atoms with van der Waals surface area (Å²) in [4.78, 5) is 26.7. The number of hydrogen-bond acceptors (Lipinski definition) is 3. The van der Waals surface area contributed by atoms with Gasteiger partial charge >= 0.3 is 5.97 Å². The Morgan fingerprint density at radius 3 is 2.75 bits per heavy atom. The van der Waals surface area contributed by atoms with Gasteiger partial charge < -0.3 is 5.11 Å². The second kappa shape index (κ2) is 3.44. The molecule has 0 amide bonds. The molecule has 0 aliphatic rings. The number of carboxylic acid groups (broad SMARTS) is 1. The maximum Gasteiger partial charge on any atom is 0.341 e. The minimum Gasteiger partial charge on any atom is -0.477 e. The van der Waals surface area contributed by atoms with Crippen LogP contribution in [0.2, 0.25) is 0 Å². The first-order valence-electron chi connectivity index (χ1n) is 4.71. The van der Waals surface area contributed by atoms with E-state index in [1.54, 1.807) is 12.1 Å². The zero-order chi connectivity index (χ0) is 11.9. The molecule has 0 spiro atoms. The molecule has 0 aliphatic heterocycles. The first-order valence-corrected chi connectivity index (χ1v) is 4.71. The minimum absolute atomic E-state index is 0.236. The van der Waals surface area contributed by atoms with Crippen molar-refractivity contribution >= 4 is 17.0 Å². The van der Waals surface area contributed by atoms with E-state index < -0.39 is 11.5 Å². The van der Waals surface area contributed by atoms with Gasteiger partial charge in [-0.25, -0.2) is 9.78 Å². The van der Waals surface area contributed by atoms with Crippen molar-refractivity contribution in [1.82, 2.24) is 9.55 Å². The van der Waals surface area contributed by atoms with E-state index in [-0.39, 0.29) is 5.56 Å². The molecule has 0 radical (unpaired) electrons. The van der Waals surface area contributed by atoms with E-state index >= 15 is 0 Å². The number of pyridine rings is 2. The molecule has 16 heavy (non-hydrogen) atoms. The lowest BCUT2D eigenvalue weighted by Crippen LogP contribution is -2.24. The van der Waals surface area contributed by atoms with E-state index in [2.05, 4.69) is 4.98 Å². The number of carboxylic acids is 1. The summed E-state index contributed by atoms with van der Waals surface area (Å²) in [5, 5.41) is 9.51. The van der Waals surface area contributed by atoms with Crippen LogP contribution in [0.5, 0.6) is 0 Å². The largest absolute Gasteiger partial charge is 0.477 e. The Balaban J connectivity index is 2.94. The standard InChI is InChI=1S/C11H10N2O3/c1-6-3-4-7-5-8(11(15)16)10(14)13(2)9(7)12-6/h3-5H,1-2H3,(H,15,16). The van der Waals surface area contributed by atoms with Gasteiger partial charge in [-0.1, -0.05) is 0 Å². The van der Waals surface area contributed by atoms with E-state index in [0.717, 1.165) is 5.69 Å². The Hall–Kier alpha value is -2.17. The van der Waals surface area contributed by atoms with Crippen molar-refractivity contribution in [3.63, 3.8) is 0 Å². The van der Waals surface area contributed by atoms with Crippen molar-refractivity contribution in [2.45, 2.75) is 6.92 Å². The lowest BCUT2D eigenvalue weighted by atomic mass is 10.2. The third-order valence-electron chi connectivity index (χ3n) is 2.43. The average molecular weight is 218 g/mol. The van der Waals surface area contributed by atoms with Gasteiger partial charge in [-0.15, -0.1) is 0 Å². The molecular formula is C11H10N2O3. The highest BCUT2D eigenvalue weighted by Gasteiger charge is 2.13. The maximum atomic E-state index is 11.7. The minimum atomic E-state index is -1.22. The van der Waals surface area contributed by atoms with Crippen molar-refractivity contribution in [2.24, 2.45) is 7.05 Å². The van der Waals surface area contributed by atoms with E-state index in [9.17, 15) is 9.59 Å². The summed E-state index contributed by atoms with van der Waals surface area (Å²) < 4.78 is 1.26. The molecule has 2 aromatic heterocycles. The molecule has 1 N–H and O–H groups in total. The number of carbonyl (C=O) groups is 1. The molecule has 0 saturated carbocycles. The molecule has 82 valence electrons. The van der Waals surface area contributed by atoms with Crippen LogP contribution in [0.3, 0.4) is 0 Å². The van der Waals surface area contributed by atoms with Crippen LogP contribution in [0.25, 0.3) is 11.0 Å². The van der Waals surface area contributed by atoms with E-state index in [4.69, 9.17) is 5.11 Å². The molecule has 0 fully saturated rings. The molecule has 5 heteroatoms. The number of rotatable bonds is 1. The SMILES string of the molecule is Cc1ccc2cc(C(=O)O)c(=O)n(C)c2n1. The highest BCUT2D eigenvalue weighted by Crippen LogP contribution is 2.11. The zero-order valence-electron chi connectivity index (χ0n) is 8.89. The molecule has 0 bridgehead atoms. The predicted molar refractivity (Wildman–Crippen MR) is 58.7 cm³/mol. The summed E-state index contributed by atoms with van der Waals surface area (Å²) in [7, 11) is 1.52. The third kappa shape index (κ3) is 1.46. The number of aromatic carboxylic acids is 1. The molecule has 0 aromatic carbocycles. The molecule has 2 rings (SSSR count). The topological polar surface area (TPSA) is 72.2 Å². The maximum absolute atomic E-state index is 11.7. The van der Waals surface area contributed by atoms with Crippen LogP contribution >= 0.6 is 0 Å². The Morgan fingerprint density at radius 2 is 2.12 bits per heavy atom. The molecule has 0 unspecified atom stereocenters. The fraction of sp³-hybridized carbons (Fsp3) is 0.182. The lowest BCUT2D eigenvalue weighted by Gasteiger charge is -2.06. The quantitative estimate of drug-likeness (QED) is 0.773. The van der Waals surface area contributed by atoms with E-state index in [0.29, 0.717) is 11.0 Å². The molecular weight excluding hydrogens is 208 g/mol. The van der Waals surface area contributed by atoms with Gasteiger partial charge in [-0.2, -0.15) is 0 Å². The Kier molecular flexibility index (Phi) is 2.23. The van der Waals surface area contributed by atoms with Crippen molar-refractivity contribution in [2.75, 3.05) is 0 Å². The average Bonchev–Trinajstić information content (AvgIpc) is 2.23. The summed E-state index contributed by atoms with van der Waals surface area (Å²) in [6.45, 7) is 1.81. The molecule has 0 saturated heterocycles. The third-order valence-corrected chi connectivity index (χ3v) is 2.43. The van der Waals surface area contributed by atoms with E-state index in [1.807, 2.05) is 6.92 Å². The molecule has 2 heterocycles. The van der Waals surface area contributed by atoms with Gasteiger partial charge in [0.1, 0.15) is 11.2 Å². The predicted octanol–water partition coefficient (Wildman–Crippen LogP) is 0.940. The Labute approximate surface area is 91.0 Å². The van der Waals surface area contributed by atoms with Gasteiger partial charge in [0.05, 0.1) is 0 Å². The normalized spacial score (nSPS) is 10.6. The van der Waals surface area contributed by atoms with Crippen LogP contribution in [0.15, 0.2) is 23.0 Å². The van der Waals surface area contributed by atoms with Crippen molar-refractivity contribution in [3.8, 4) is 0 Å². The van der Waals surface area contributed by atoms with Gasteiger partial charge in [0, 0.05) is 18.1 Å². The highest BCUT2D eigenvalue weighted by atomic mass is 16.4.